The average molecular weight is 1450 g/mol. The number of hydrogen-bond donors (Lipinski definition) is 0. The number of fused-ring (bicyclic) bond motifs is 14. The SMILES string of the molecule is Cc1ccc(N(c2ccc(C)cc2)c2ccc3c(c2)oc2cc4cc5oc6cc(N(c7ccc(C)cc7)c7ccc(CCC(C)(C)c8ccc(N(c9ccccc9)c9ccc%10c(c9)oc9cc%11cc%12oc%13cc(N(c%14ccccc%14)c%14ccc(C(C)(C)C)cc%14)ccc%13c%12cc%11cc9%10)cc8)cc7)ccc6c5cc4cc23)cc1. The fourth-order valence-electron chi connectivity index (χ4n) is 16.7. The van der Waals surface area contributed by atoms with Gasteiger partial charge in [0.15, 0.2) is 0 Å². The van der Waals surface area contributed by atoms with Gasteiger partial charge in [0.2, 0.25) is 0 Å². The van der Waals surface area contributed by atoms with E-state index in [1.807, 2.05) is 0 Å². The predicted octanol–water partition coefficient (Wildman–Crippen LogP) is 30.6. The lowest BCUT2D eigenvalue weighted by atomic mass is 9.79. The summed E-state index contributed by atoms with van der Waals surface area (Å²) in [5.41, 5.74) is 26.9. The molecular formula is C104H82N4O4. The molecule has 0 amide bonds. The second-order valence-electron chi connectivity index (χ2n) is 32.1. The molecule has 0 N–H and O–H groups in total. The summed E-state index contributed by atoms with van der Waals surface area (Å²) in [6.07, 6.45) is 1.88. The van der Waals surface area contributed by atoms with Crippen LogP contribution < -0.4 is 19.6 Å². The summed E-state index contributed by atoms with van der Waals surface area (Å²) in [4.78, 5) is 9.25. The lowest BCUT2D eigenvalue weighted by molar-refractivity contribution is 0.480. The molecule has 20 rings (SSSR count). The molecule has 0 aliphatic heterocycles. The van der Waals surface area contributed by atoms with E-state index in [-0.39, 0.29) is 10.8 Å². The van der Waals surface area contributed by atoms with Crippen molar-refractivity contribution in [1.29, 1.82) is 0 Å². The molecule has 0 atom stereocenters. The van der Waals surface area contributed by atoms with Gasteiger partial charge in [-0.05, 0) is 277 Å². The Bertz CT molecular complexity index is 6960. The van der Waals surface area contributed by atoms with Crippen molar-refractivity contribution in [3.8, 4) is 0 Å². The van der Waals surface area contributed by atoms with Gasteiger partial charge in [-0.1, -0.05) is 161 Å². The zero-order chi connectivity index (χ0) is 75.7. The van der Waals surface area contributed by atoms with Crippen molar-refractivity contribution in [3.63, 3.8) is 0 Å². The summed E-state index contributed by atoms with van der Waals surface area (Å²) in [5.74, 6) is 0. The van der Waals surface area contributed by atoms with E-state index in [9.17, 15) is 0 Å². The monoisotopic (exact) mass is 1450 g/mol. The summed E-state index contributed by atoms with van der Waals surface area (Å²) in [7, 11) is 0. The quantitative estimate of drug-likeness (QED) is 0.0948. The normalized spacial score (nSPS) is 12.2. The van der Waals surface area contributed by atoms with Gasteiger partial charge in [0.1, 0.15) is 44.7 Å². The maximum absolute atomic E-state index is 6.84. The largest absolute Gasteiger partial charge is 0.456 e. The van der Waals surface area contributed by atoms with Crippen molar-refractivity contribution in [2.45, 2.75) is 79.1 Å². The average Bonchev–Trinajstić information content (AvgIpc) is 1.59. The summed E-state index contributed by atoms with van der Waals surface area (Å²) in [6.45, 7) is 17.9. The minimum Gasteiger partial charge on any atom is -0.456 e. The number of furan rings is 4. The zero-order valence-electron chi connectivity index (χ0n) is 64.0. The number of hydrogen-bond acceptors (Lipinski definition) is 8. The first-order chi connectivity index (χ1) is 54.5. The van der Waals surface area contributed by atoms with Crippen LogP contribution in [0.1, 0.15) is 74.4 Å². The molecule has 0 spiro atoms. The Morgan fingerprint density at radius 3 is 0.759 bits per heavy atom. The van der Waals surface area contributed by atoms with Gasteiger partial charge in [0, 0.05) is 136 Å². The van der Waals surface area contributed by atoms with Gasteiger partial charge >= 0.3 is 0 Å². The van der Waals surface area contributed by atoms with Crippen LogP contribution in [0.3, 0.4) is 0 Å². The van der Waals surface area contributed by atoms with Crippen LogP contribution in [0.2, 0.25) is 0 Å². The highest BCUT2D eigenvalue weighted by molar-refractivity contribution is 6.18. The van der Waals surface area contributed by atoms with E-state index in [0.717, 1.165) is 190 Å². The second-order valence-corrected chi connectivity index (χ2v) is 32.1. The van der Waals surface area contributed by atoms with E-state index >= 15 is 0 Å². The molecule has 0 aliphatic rings. The maximum atomic E-state index is 6.84. The third-order valence-corrected chi connectivity index (χ3v) is 23.0. The molecule has 112 heavy (non-hydrogen) atoms. The van der Waals surface area contributed by atoms with E-state index in [1.165, 1.54) is 33.4 Å². The van der Waals surface area contributed by atoms with Crippen LogP contribution in [0.5, 0.6) is 0 Å². The van der Waals surface area contributed by atoms with Crippen LogP contribution in [-0.2, 0) is 17.3 Å². The molecule has 8 heteroatoms. The van der Waals surface area contributed by atoms with E-state index in [1.54, 1.807) is 0 Å². The molecule has 4 heterocycles. The third kappa shape index (κ3) is 12.2. The number of rotatable bonds is 16. The Hall–Kier alpha value is -13.6. The van der Waals surface area contributed by atoms with Crippen LogP contribution in [0, 0.1) is 20.8 Å². The third-order valence-electron chi connectivity index (χ3n) is 23.0. The van der Waals surface area contributed by atoms with E-state index in [4.69, 9.17) is 17.7 Å². The zero-order valence-corrected chi connectivity index (χ0v) is 64.0. The summed E-state index contributed by atoms with van der Waals surface area (Å²) in [6, 6.07) is 119. The summed E-state index contributed by atoms with van der Waals surface area (Å²) >= 11 is 0. The van der Waals surface area contributed by atoms with Gasteiger partial charge in [-0.15, -0.1) is 0 Å². The molecule has 16 aromatic carbocycles. The minimum absolute atomic E-state index is 0.0555. The Balaban J connectivity index is 0.545. The molecule has 20 aromatic rings. The van der Waals surface area contributed by atoms with Crippen molar-refractivity contribution >= 4 is 178 Å². The number of para-hydroxylation sites is 2. The van der Waals surface area contributed by atoms with Gasteiger partial charge in [-0.3, -0.25) is 0 Å². The van der Waals surface area contributed by atoms with Gasteiger partial charge in [-0.2, -0.15) is 0 Å². The van der Waals surface area contributed by atoms with Crippen LogP contribution in [-0.4, -0.2) is 0 Å². The minimum atomic E-state index is -0.117. The highest BCUT2D eigenvalue weighted by atomic mass is 16.3. The topological polar surface area (TPSA) is 65.5 Å². The molecule has 0 unspecified atom stereocenters. The van der Waals surface area contributed by atoms with Gasteiger partial charge in [0.05, 0.1) is 0 Å². The number of nitrogens with zero attached hydrogens (tertiary/aromatic N) is 4. The van der Waals surface area contributed by atoms with Crippen LogP contribution in [0.15, 0.2) is 345 Å². The lowest BCUT2D eigenvalue weighted by Gasteiger charge is -2.29. The molecule has 0 aliphatic carbocycles. The van der Waals surface area contributed by atoms with E-state index < -0.39 is 0 Å². The van der Waals surface area contributed by atoms with Crippen molar-refractivity contribution in [2.75, 3.05) is 19.6 Å². The molecule has 0 fully saturated rings. The molecule has 0 saturated heterocycles. The molecule has 8 nitrogen and oxygen atoms in total. The standard InChI is InChI=1S/C104H82N4O4/c1-65-19-31-77(32-20-65)107(78-33-21-66(2)22-34-78)85-45-49-89-93-55-70-56-94-90-50-46-86(64-102(90)112-98(94)60-72(70)59-97(93)111-101(89)63-85)108(79-35-23-67(3)24-36-79)80-37-25-68(26-38-80)51-52-104(7,8)74-29-41-82(42-30-74)106(76-17-13-10-14-18-76)84-44-48-88-92-54-69-53-91-87-47-43-83(61-99(87)109-95(91)57-71(69)58-96(92)110-100(88)62-84)105(75-15-11-9-12-16-75)81-39-27-73(28-40-81)103(4,5)6/h9-50,53-64H,51-52H2,1-8H3. The van der Waals surface area contributed by atoms with Gasteiger partial charge in [-0.25, -0.2) is 0 Å². The first-order valence-electron chi connectivity index (χ1n) is 38.8. The molecule has 542 valence electrons. The number of benzene rings is 16. The van der Waals surface area contributed by atoms with Crippen LogP contribution >= 0.6 is 0 Å². The molecular weight excluding hydrogens is 1370 g/mol. The first-order valence-corrected chi connectivity index (χ1v) is 38.8. The van der Waals surface area contributed by atoms with Crippen molar-refractivity contribution in [1.82, 2.24) is 0 Å². The molecule has 0 saturated carbocycles. The second kappa shape index (κ2) is 26.6. The van der Waals surface area contributed by atoms with E-state index in [0.29, 0.717) is 0 Å². The Morgan fingerprint density at radius 1 is 0.223 bits per heavy atom. The van der Waals surface area contributed by atoms with Crippen LogP contribution in [0.25, 0.3) is 109 Å². The lowest BCUT2D eigenvalue weighted by Crippen LogP contribution is -2.18. The van der Waals surface area contributed by atoms with Crippen molar-refractivity contribution in [2.24, 2.45) is 0 Å². The first kappa shape index (κ1) is 67.8. The number of anilines is 12. The van der Waals surface area contributed by atoms with Crippen molar-refractivity contribution < 1.29 is 17.7 Å². The fraction of sp³-hybridized carbons (Fsp3) is 0.115. The summed E-state index contributed by atoms with van der Waals surface area (Å²) in [5, 5.41) is 13.0. The van der Waals surface area contributed by atoms with Gasteiger partial charge < -0.3 is 37.3 Å². The molecule has 4 aromatic heterocycles. The fourth-order valence-corrected chi connectivity index (χ4v) is 16.7. The van der Waals surface area contributed by atoms with Crippen LogP contribution in [0.4, 0.5) is 68.2 Å². The smallest absolute Gasteiger partial charge is 0.137 e. The Labute approximate surface area is 650 Å². The Kier molecular flexibility index (Phi) is 16.1. The number of aryl methyl sites for hydroxylation is 4. The van der Waals surface area contributed by atoms with E-state index in [2.05, 4.69) is 403 Å². The van der Waals surface area contributed by atoms with Crippen molar-refractivity contribution in [3.05, 3.63) is 361 Å². The Morgan fingerprint density at radius 2 is 0.464 bits per heavy atom. The van der Waals surface area contributed by atoms with Gasteiger partial charge in [0.25, 0.3) is 0 Å². The molecule has 0 radical (unpaired) electrons. The highest BCUT2D eigenvalue weighted by Gasteiger charge is 2.26. The highest BCUT2D eigenvalue weighted by Crippen LogP contribution is 2.47. The predicted molar refractivity (Wildman–Crippen MR) is 470 cm³/mol. The molecule has 0 bridgehead atoms. The summed E-state index contributed by atoms with van der Waals surface area (Å²) < 4.78 is 27.2. The maximum Gasteiger partial charge on any atom is 0.137 e.